The van der Waals surface area contributed by atoms with E-state index in [1.54, 1.807) is 0 Å². The Labute approximate surface area is 48.0 Å². The van der Waals surface area contributed by atoms with Gasteiger partial charge in [0, 0.05) is 0 Å². The summed E-state index contributed by atoms with van der Waals surface area (Å²) in [5, 5.41) is 0. The van der Waals surface area contributed by atoms with Crippen LogP contribution < -0.4 is 0 Å². The normalized spacial score (nSPS) is 12.5. The molecule has 0 unspecified atom stereocenters. The van der Waals surface area contributed by atoms with Gasteiger partial charge in [0.15, 0.2) is 0 Å². The van der Waals surface area contributed by atoms with Gasteiger partial charge in [0.2, 0.25) is 0 Å². The van der Waals surface area contributed by atoms with Gasteiger partial charge in [-0.25, -0.2) is 0 Å². The summed E-state index contributed by atoms with van der Waals surface area (Å²) < 4.78 is 23.4. The molecule has 0 saturated heterocycles. The summed E-state index contributed by atoms with van der Waals surface area (Å²) in [5.41, 5.74) is 0. The molecule has 50 valence electrons. The second-order valence-electron chi connectivity index (χ2n) is 1.03. The maximum absolute atomic E-state index is 9.92. The van der Waals surface area contributed by atoms with Crippen molar-refractivity contribution in [2.75, 3.05) is 6.26 Å². The monoisotopic (exact) mass is 160 g/mol. The predicted molar refractivity (Wildman–Crippen MR) is 27.3 cm³/mol. The van der Waals surface area contributed by atoms with Gasteiger partial charge in [-0.05, 0) is 0 Å². The van der Waals surface area contributed by atoms with E-state index in [0.717, 1.165) is 6.26 Å². The maximum Gasteiger partial charge on any atom is 0.342 e. The molecule has 0 aromatic heterocycles. The van der Waals surface area contributed by atoms with Crippen LogP contribution in [0.25, 0.3) is 0 Å². The Hall–Kier alpha value is 0.260. The fourth-order valence-electron chi connectivity index (χ4n) is 0.121. The number of hydrogen-bond donors (Lipinski definition) is 2. The zero-order valence-electron chi connectivity index (χ0n) is 3.97. The Kier molecular flexibility index (Phi) is 2.79. The Morgan fingerprint density at radius 2 is 1.88 bits per heavy atom. The molecule has 0 radical (unpaired) electrons. The van der Waals surface area contributed by atoms with Crippen LogP contribution in [0.3, 0.4) is 0 Å². The van der Waals surface area contributed by atoms with E-state index >= 15 is 0 Å². The molecule has 0 atom stereocenters. The third-order valence-corrected chi connectivity index (χ3v) is 1.82. The third-order valence-electron chi connectivity index (χ3n) is 0.202. The smallest absolute Gasteiger partial charge is 0.327 e. The lowest BCUT2D eigenvalue weighted by atomic mass is 12.0. The lowest BCUT2D eigenvalue weighted by Gasteiger charge is -1.96. The van der Waals surface area contributed by atoms with Crippen LogP contribution in [0.4, 0.5) is 0 Å². The van der Waals surface area contributed by atoms with Crippen molar-refractivity contribution in [2.24, 2.45) is 0 Å². The minimum Gasteiger partial charge on any atom is -0.327 e. The SMILES string of the molecule is CS(=O)(=O)OP(O)O. The molecule has 0 aliphatic rings. The second-order valence-corrected chi connectivity index (χ2v) is 3.54. The first kappa shape index (κ1) is 8.26. The van der Waals surface area contributed by atoms with Crippen LogP contribution in [0.2, 0.25) is 0 Å². The van der Waals surface area contributed by atoms with Crippen molar-refractivity contribution in [3.8, 4) is 0 Å². The first-order chi connectivity index (χ1) is 3.42. The standard InChI is InChI=1S/CH5O5PS/c1-8(4,5)6-7(2)3/h2-3H,1H3. The molecule has 0 saturated carbocycles. The van der Waals surface area contributed by atoms with Gasteiger partial charge in [-0.2, -0.15) is 12.4 Å². The molecule has 0 amide bonds. The van der Waals surface area contributed by atoms with Crippen molar-refractivity contribution in [2.45, 2.75) is 0 Å². The quantitative estimate of drug-likeness (QED) is 0.515. The van der Waals surface area contributed by atoms with Crippen molar-refractivity contribution >= 4 is 18.7 Å². The highest BCUT2D eigenvalue weighted by atomic mass is 32.2. The first-order valence-corrected chi connectivity index (χ1v) is 4.47. The minimum atomic E-state index is -3.69. The molecule has 0 bridgehead atoms. The van der Waals surface area contributed by atoms with Gasteiger partial charge in [0.1, 0.15) is 0 Å². The van der Waals surface area contributed by atoms with Gasteiger partial charge in [0.05, 0.1) is 6.26 Å². The Balaban J connectivity index is 3.75. The highest BCUT2D eigenvalue weighted by molar-refractivity contribution is 7.89. The summed E-state index contributed by atoms with van der Waals surface area (Å²) in [4.78, 5) is 15.8. The van der Waals surface area contributed by atoms with Gasteiger partial charge in [-0.3, -0.25) is 0 Å². The van der Waals surface area contributed by atoms with Crippen molar-refractivity contribution in [3.63, 3.8) is 0 Å². The molecule has 0 aliphatic heterocycles. The lowest BCUT2D eigenvalue weighted by Crippen LogP contribution is -1.96. The van der Waals surface area contributed by atoms with E-state index in [-0.39, 0.29) is 0 Å². The molecule has 0 fully saturated rings. The Morgan fingerprint density at radius 3 is 1.88 bits per heavy atom. The first-order valence-electron chi connectivity index (χ1n) is 1.49. The summed E-state index contributed by atoms with van der Waals surface area (Å²) in [6.07, 6.45) is 0.731. The predicted octanol–water partition coefficient (Wildman–Crippen LogP) is -0.826. The van der Waals surface area contributed by atoms with Crippen LogP contribution in [0.5, 0.6) is 0 Å². The van der Waals surface area contributed by atoms with Crippen LogP contribution in [0, 0.1) is 0 Å². The van der Waals surface area contributed by atoms with Crippen molar-refractivity contribution in [1.82, 2.24) is 0 Å². The third kappa shape index (κ3) is 6.26. The van der Waals surface area contributed by atoms with Crippen LogP contribution >= 0.6 is 8.60 Å². The molecule has 8 heavy (non-hydrogen) atoms. The van der Waals surface area contributed by atoms with E-state index in [0.29, 0.717) is 0 Å². The lowest BCUT2D eigenvalue weighted by molar-refractivity contribution is 0.374. The topological polar surface area (TPSA) is 83.8 Å². The molecule has 0 rings (SSSR count). The van der Waals surface area contributed by atoms with E-state index in [2.05, 4.69) is 3.97 Å². The van der Waals surface area contributed by atoms with Crippen LogP contribution in [0.15, 0.2) is 0 Å². The molecule has 0 aliphatic carbocycles. The number of rotatable bonds is 2. The molecule has 2 N–H and O–H groups in total. The Bertz CT molecular complexity index is 146. The van der Waals surface area contributed by atoms with Gasteiger partial charge in [-0.15, -0.1) is 0 Å². The molecule has 0 heterocycles. The minimum absolute atomic E-state index is 0.731. The van der Waals surface area contributed by atoms with Gasteiger partial charge >= 0.3 is 8.60 Å². The summed E-state index contributed by atoms with van der Waals surface area (Å²) in [7, 11) is -6.47. The van der Waals surface area contributed by atoms with Gasteiger partial charge in [-0.1, -0.05) is 0 Å². The highest BCUT2D eigenvalue weighted by Gasteiger charge is 2.08. The molecule has 0 spiro atoms. The van der Waals surface area contributed by atoms with Crippen molar-refractivity contribution in [3.05, 3.63) is 0 Å². The van der Waals surface area contributed by atoms with Crippen LogP contribution in [-0.2, 0) is 14.1 Å². The summed E-state index contributed by atoms with van der Waals surface area (Å²) in [6, 6.07) is 0. The fraction of sp³-hybridized carbons (Fsp3) is 1.00. The molecular weight excluding hydrogens is 155 g/mol. The zero-order valence-corrected chi connectivity index (χ0v) is 5.69. The largest absolute Gasteiger partial charge is 0.342 e. The van der Waals surface area contributed by atoms with E-state index < -0.39 is 18.7 Å². The van der Waals surface area contributed by atoms with Gasteiger partial charge in [0.25, 0.3) is 10.1 Å². The van der Waals surface area contributed by atoms with E-state index in [9.17, 15) is 8.42 Å². The van der Waals surface area contributed by atoms with Crippen molar-refractivity contribution in [1.29, 1.82) is 0 Å². The number of hydrogen-bond acceptors (Lipinski definition) is 5. The van der Waals surface area contributed by atoms with Crippen molar-refractivity contribution < 1.29 is 22.2 Å². The van der Waals surface area contributed by atoms with Crippen LogP contribution in [-0.4, -0.2) is 24.5 Å². The summed E-state index contributed by atoms with van der Waals surface area (Å²) in [5.74, 6) is 0. The average Bonchev–Trinajstić information content (AvgIpc) is 1.21. The highest BCUT2D eigenvalue weighted by Crippen LogP contribution is 2.26. The fourth-order valence-corrected chi connectivity index (χ4v) is 1.09. The molecule has 0 aromatic rings. The molecule has 5 nitrogen and oxygen atoms in total. The average molecular weight is 160 g/mol. The van der Waals surface area contributed by atoms with E-state index in [1.165, 1.54) is 0 Å². The van der Waals surface area contributed by atoms with E-state index in [1.807, 2.05) is 0 Å². The van der Waals surface area contributed by atoms with Crippen LogP contribution in [0.1, 0.15) is 0 Å². The molecule has 0 aromatic carbocycles. The maximum atomic E-state index is 9.92. The van der Waals surface area contributed by atoms with E-state index in [4.69, 9.17) is 9.79 Å². The molecule has 7 heteroatoms. The van der Waals surface area contributed by atoms with Gasteiger partial charge < -0.3 is 9.79 Å². The summed E-state index contributed by atoms with van der Waals surface area (Å²) in [6.45, 7) is 0. The second kappa shape index (κ2) is 2.70. The summed E-state index contributed by atoms with van der Waals surface area (Å²) >= 11 is 0. The zero-order chi connectivity index (χ0) is 6.78. The molecular formula is CH5O5PS. The Morgan fingerprint density at radius 1 is 1.50 bits per heavy atom.